The van der Waals surface area contributed by atoms with E-state index >= 15 is 0 Å². The van der Waals surface area contributed by atoms with Crippen molar-refractivity contribution in [3.05, 3.63) is 23.8 Å². The Bertz CT molecular complexity index is 427. The molecule has 0 bridgehead atoms. The molecule has 1 heterocycles. The van der Waals surface area contributed by atoms with Gasteiger partial charge in [-0.25, -0.2) is 0 Å². The number of nitrogens with zero attached hydrogens (tertiary/aromatic N) is 1. The van der Waals surface area contributed by atoms with Crippen LogP contribution in [0.2, 0.25) is 0 Å². The molecule has 1 aromatic rings. The van der Waals surface area contributed by atoms with Crippen LogP contribution in [0.3, 0.4) is 0 Å². The largest absolute Gasteiger partial charge is 0.489 e. The highest BCUT2D eigenvalue weighted by Crippen LogP contribution is 2.33. The Hall–Kier alpha value is -1.22. The van der Waals surface area contributed by atoms with Gasteiger partial charge in [0.15, 0.2) is 0 Å². The van der Waals surface area contributed by atoms with Crippen LogP contribution in [0.1, 0.15) is 37.7 Å². The standard InChI is InChI=1S/C16H24N2O/c1-18(14-7-3-2-4-8-14)12-13-6-5-9-15-16(13)19-11-10-17-15/h5-6,9,14,17H,2-4,7-8,10-12H2,1H3. The Labute approximate surface area is 115 Å². The van der Waals surface area contributed by atoms with Gasteiger partial charge in [-0.3, -0.25) is 4.90 Å². The summed E-state index contributed by atoms with van der Waals surface area (Å²) in [6.45, 7) is 2.68. The monoisotopic (exact) mass is 260 g/mol. The molecule has 3 heteroatoms. The van der Waals surface area contributed by atoms with Crippen molar-refractivity contribution in [3.63, 3.8) is 0 Å². The van der Waals surface area contributed by atoms with E-state index in [0.717, 1.165) is 37.2 Å². The van der Waals surface area contributed by atoms with Crippen molar-refractivity contribution < 1.29 is 4.74 Å². The molecule has 0 saturated heterocycles. The lowest BCUT2D eigenvalue weighted by molar-refractivity contribution is 0.182. The van der Waals surface area contributed by atoms with Crippen LogP contribution in [-0.2, 0) is 6.54 Å². The second kappa shape index (κ2) is 5.83. The van der Waals surface area contributed by atoms with E-state index < -0.39 is 0 Å². The number of anilines is 1. The zero-order chi connectivity index (χ0) is 13.1. The Morgan fingerprint density at radius 1 is 1.26 bits per heavy atom. The second-order valence-electron chi connectivity index (χ2n) is 5.78. The van der Waals surface area contributed by atoms with E-state index in [1.165, 1.54) is 37.7 Å². The molecule has 1 aliphatic heterocycles. The first-order chi connectivity index (χ1) is 9.34. The third-order valence-corrected chi connectivity index (χ3v) is 4.38. The third-order valence-electron chi connectivity index (χ3n) is 4.38. The van der Waals surface area contributed by atoms with Crippen LogP contribution >= 0.6 is 0 Å². The van der Waals surface area contributed by atoms with E-state index in [9.17, 15) is 0 Å². The first-order valence-corrected chi connectivity index (χ1v) is 7.53. The molecule has 1 aliphatic carbocycles. The number of rotatable bonds is 3. The molecule has 104 valence electrons. The fraction of sp³-hybridized carbons (Fsp3) is 0.625. The van der Waals surface area contributed by atoms with Crippen LogP contribution in [0.5, 0.6) is 5.75 Å². The van der Waals surface area contributed by atoms with Crippen molar-refractivity contribution in [2.24, 2.45) is 0 Å². The van der Waals surface area contributed by atoms with Gasteiger partial charge in [0.1, 0.15) is 12.4 Å². The molecular weight excluding hydrogens is 236 g/mol. The predicted molar refractivity (Wildman–Crippen MR) is 78.8 cm³/mol. The predicted octanol–water partition coefficient (Wildman–Crippen LogP) is 3.26. The lowest BCUT2D eigenvalue weighted by Gasteiger charge is -2.32. The van der Waals surface area contributed by atoms with Gasteiger partial charge in [-0.1, -0.05) is 31.4 Å². The summed E-state index contributed by atoms with van der Waals surface area (Å²) in [4.78, 5) is 2.51. The minimum Gasteiger partial charge on any atom is -0.489 e. The lowest BCUT2D eigenvalue weighted by Crippen LogP contribution is -2.33. The van der Waals surface area contributed by atoms with E-state index in [-0.39, 0.29) is 0 Å². The molecule has 1 fully saturated rings. The number of para-hydroxylation sites is 1. The highest BCUT2D eigenvalue weighted by molar-refractivity contribution is 5.61. The molecular formula is C16H24N2O. The fourth-order valence-electron chi connectivity index (χ4n) is 3.28. The maximum atomic E-state index is 5.85. The van der Waals surface area contributed by atoms with E-state index in [0.29, 0.717) is 0 Å². The van der Waals surface area contributed by atoms with Crippen molar-refractivity contribution >= 4 is 5.69 Å². The van der Waals surface area contributed by atoms with Crippen LogP contribution in [-0.4, -0.2) is 31.1 Å². The Balaban J connectivity index is 1.72. The summed E-state index contributed by atoms with van der Waals surface area (Å²) in [6, 6.07) is 7.19. The minimum atomic E-state index is 0.751. The van der Waals surface area contributed by atoms with E-state index in [4.69, 9.17) is 4.74 Å². The zero-order valence-electron chi connectivity index (χ0n) is 11.8. The maximum absolute atomic E-state index is 5.85. The Morgan fingerprint density at radius 3 is 2.95 bits per heavy atom. The maximum Gasteiger partial charge on any atom is 0.146 e. The van der Waals surface area contributed by atoms with E-state index in [2.05, 4.69) is 35.5 Å². The number of hydrogen-bond acceptors (Lipinski definition) is 3. The number of fused-ring (bicyclic) bond motifs is 1. The normalized spacial score (nSPS) is 19.7. The molecule has 3 rings (SSSR count). The first-order valence-electron chi connectivity index (χ1n) is 7.53. The van der Waals surface area contributed by atoms with Gasteiger partial charge in [0.05, 0.1) is 5.69 Å². The average molecular weight is 260 g/mol. The van der Waals surface area contributed by atoms with Crippen molar-refractivity contribution in [2.45, 2.75) is 44.7 Å². The molecule has 1 aromatic carbocycles. The smallest absolute Gasteiger partial charge is 0.146 e. The van der Waals surface area contributed by atoms with Crippen molar-refractivity contribution in [3.8, 4) is 5.75 Å². The summed E-state index contributed by atoms with van der Waals surface area (Å²) in [5, 5.41) is 3.41. The van der Waals surface area contributed by atoms with Gasteiger partial charge in [-0.05, 0) is 26.0 Å². The van der Waals surface area contributed by atoms with Crippen LogP contribution in [0, 0.1) is 0 Å². The van der Waals surface area contributed by atoms with Crippen molar-refractivity contribution in [2.75, 3.05) is 25.5 Å². The Kier molecular flexibility index (Phi) is 3.92. The lowest BCUT2D eigenvalue weighted by atomic mass is 9.94. The number of ether oxygens (including phenoxy) is 1. The summed E-state index contributed by atoms with van der Waals surface area (Å²) in [7, 11) is 2.26. The quantitative estimate of drug-likeness (QED) is 0.903. The first kappa shape index (κ1) is 12.8. The van der Waals surface area contributed by atoms with Gasteiger partial charge in [-0.15, -0.1) is 0 Å². The van der Waals surface area contributed by atoms with Crippen LogP contribution < -0.4 is 10.1 Å². The second-order valence-corrected chi connectivity index (χ2v) is 5.78. The molecule has 0 radical (unpaired) electrons. The summed E-state index contributed by atoms with van der Waals surface area (Å²) in [5.74, 6) is 1.07. The third kappa shape index (κ3) is 2.86. The molecule has 0 atom stereocenters. The van der Waals surface area contributed by atoms with Gasteiger partial charge in [0, 0.05) is 24.7 Å². The van der Waals surface area contributed by atoms with E-state index in [1.54, 1.807) is 0 Å². The average Bonchev–Trinajstić information content (AvgIpc) is 2.48. The van der Waals surface area contributed by atoms with Gasteiger partial charge in [0.25, 0.3) is 0 Å². The number of benzene rings is 1. The van der Waals surface area contributed by atoms with E-state index in [1.807, 2.05) is 0 Å². The van der Waals surface area contributed by atoms with Crippen LogP contribution in [0.15, 0.2) is 18.2 Å². The summed E-state index contributed by atoms with van der Waals surface area (Å²) in [5.41, 5.74) is 2.47. The number of nitrogens with one attached hydrogen (secondary N) is 1. The highest BCUT2D eigenvalue weighted by atomic mass is 16.5. The highest BCUT2D eigenvalue weighted by Gasteiger charge is 2.20. The molecule has 19 heavy (non-hydrogen) atoms. The van der Waals surface area contributed by atoms with Gasteiger partial charge in [-0.2, -0.15) is 0 Å². The topological polar surface area (TPSA) is 24.5 Å². The summed E-state index contributed by atoms with van der Waals surface area (Å²) in [6.07, 6.45) is 6.90. The SMILES string of the molecule is CN(Cc1cccc2c1OCCN2)C1CCCCC1. The Morgan fingerprint density at radius 2 is 2.11 bits per heavy atom. The van der Waals surface area contributed by atoms with Gasteiger partial charge in [0.2, 0.25) is 0 Å². The van der Waals surface area contributed by atoms with Crippen molar-refractivity contribution in [1.29, 1.82) is 0 Å². The molecule has 0 amide bonds. The van der Waals surface area contributed by atoms with Gasteiger partial charge < -0.3 is 10.1 Å². The molecule has 1 saturated carbocycles. The molecule has 1 N–H and O–H groups in total. The molecule has 0 spiro atoms. The van der Waals surface area contributed by atoms with Crippen LogP contribution in [0.4, 0.5) is 5.69 Å². The van der Waals surface area contributed by atoms with Gasteiger partial charge >= 0.3 is 0 Å². The van der Waals surface area contributed by atoms with Crippen molar-refractivity contribution in [1.82, 2.24) is 4.90 Å². The van der Waals surface area contributed by atoms with Crippen LogP contribution in [0.25, 0.3) is 0 Å². The molecule has 0 aromatic heterocycles. The fourth-order valence-corrected chi connectivity index (χ4v) is 3.28. The number of hydrogen-bond donors (Lipinski definition) is 1. The molecule has 3 nitrogen and oxygen atoms in total. The summed E-state index contributed by atoms with van der Waals surface area (Å²) < 4.78 is 5.85. The minimum absolute atomic E-state index is 0.751. The molecule has 2 aliphatic rings. The zero-order valence-corrected chi connectivity index (χ0v) is 11.8. The summed E-state index contributed by atoms with van der Waals surface area (Å²) >= 11 is 0. The molecule has 0 unspecified atom stereocenters.